The van der Waals surface area contributed by atoms with Crippen LogP contribution in [0.1, 0.15) is 31.4 Å². The van der Waals surface area contributed by atoms with Crippen molar-refractivity contribution in [2.45, 2.75) is 33.4 Å². The molecule has 1 N–H and O–H groups in total. The van der Waals surface area contributed by atoms with Gasteiger partial charge in [-0.3, -0.25) is 0 Å². The summed E-state index contributed by atoms with van der Waals surface area (Å²) in [6.45, 7) is 6.49. The van der Waals surface area contributed by atoms with Crippen molar-refractivity contribution in [2.75, 3.05) is 13.7 Å². The Morgan fingerprint density at radius 2 is 1.88 bits per heavy atom. The van der Waals surface area contributed by atoms with Crippen LogP contribution in [0.2, 0.25) is 10.0 Å². The molecule has 2 rings (SSSR count). The summed E-state index contributed by atoms with van der Waals surface area (Å²) in [5.41, 5.74) is 1.99. The van der Waals surface area contributed by atoms with Crippen molar-refractivity contribution in [1.29, 1.82) is 0 Å². The molecule has 0 atom stereocenters. The molecule has 25 heavy (non-hydrogen) atoms. The lowest BCUT2D eigenvalue weighted by Gasteiger charge is -2.15. The molecule has 0 spiro atoms. The Morgan fingerprint density at radius 1 is 1.08 bits per heavy atom. The minimum Gasteiger partial charge on any atom is -0.493 e. The van der Waals surface area contributed by atoms with Gasteiger partial charge in [0.25, 0.3) is 0 Å². The molecule has 0 amide bonds. The second-order valence-corrected chi connectivity index (χ2v) is 7.22. The Bertz CT molecular complexity index is 689. The summed E-state index contributed by atoms with van der Waals surface area (Å²) in [6, 6.07) is 11.3. The quantitative estimate of drug-likeness (QED) is 0.563. The summed E-state index contributed by atoms with van der Waals surface area (Å²) in [7, 11) is 1.63. The highest BCUT2D eigenvalue weighted by Crippen LogP contribution is 2.34. The predicted molar refractivity (Wildman–Crippen MR) is 105 cm³/mol. The van der Waals surface area contributed by atoms with Gasteiger partial charge in [0.05, 0.1) is 7.11 Å². The van der Waals surface area contributed by atoms with Crippen molar-refractivity contribution in [3.63, 3.8) is 0 Å². The van der Waals surface area contributed by atoms with E-state index in [2.05, 4.69) is 19.2 Å². The predicted octanol–water partition coefficient (Wildman–Crippen LogP) is 5.72. The van der Waals surface area contributed by atoms with Crippen molar-refractivity contribution >= 4 is 23.2 Å². The van der Waals surface area contributed by atoms with E-state index in [1.807, 2.05) is 36.4 Å². The highest BCUT2D eigenvalue weighted by molar-refractivity contribution is 6.31. The fraction of sp³-hybridized carbons (Fsp3) is 0.400. The van der Waals surface area contributed by atoms with Crippen LogP contribution in [0.25, 0.3) is 0 Å². The lowest BCUT2D eigenvalue weighted by molar-refractivity contribution is 0.284. The van der Waals surface area contributed by atoms with E-state index in [0.717, 1.165) is 24.1 Å². The summed E-state index contributed by atoms with van der Waals surface area (Å²) >= 11 is 12.4. The highest BCUT2D eigenvalue weighted by Gasteiger charge is 2.11. The molecule has 0 saturated heterocycles. The van der Waals surface area contributed by atoms with E-state index in [9.17, 15) is 0 Å². The van der Waals surface area contributed by atoms with Gasteiger partial charge in [-0.2, -0.15) is 0 Å². The van der Waals surface area contributed by atoms with E-state index in [-0.39, 0.29) is 0 Å². The molecule has 0 aromatic heterocycles. The van der Waals surface area contributed by atoms with Gasteiger partial charge in [-0.05, 0) is 48.2 Å². The average Bonchev–Trinajstić information content (AvgIpc) is 2.58. The van der Waals surface area contributed by atoms with Gasteiger partial charge in [-0.25, -0.2) is 0 Å². The Labute approximate surface area is 160 Å². The van der Waals surface area contributed by atoms with Crippen molar-refractivity contribution in [2.24, 2.45) is 5.92 Å². The first kappa shape index (κ1) is 19.9. The summed E-state index contributed by atoms with van der Waals surface area (Å²) in [5.74, 6) is 1.98. The zero-order valence-electron chi connectivity index (χ0n) is 14.9. The summed E-state index contributed by atoms with van der Waals surface area (Å²) in [4.78, 5) is 0. The maximum atomic E-state index is 6.41. The molecule has 0 aliphatic rings. The van der Waals surface area contributed by atoms with Crippen LogP contribution in [0.4, 0.5) is 0 Å². The molecule has 0 saturated carbocycles. The molecule has 0 aliphatic heterocycles. The third kappa shape index (κ3) is 6.43. The molecule has 0 aliphatic carbocycles. The number of halogens is 2. The Kier molecular flexibility index (Phi) is 7.89. The summed E-state index contributed by atoms with van der Waals surface area (Å²) < 4.78 is 11.3. The number of nitrogens with one attached hydrogen (secondary N) is 1. The zero-order chi connectivity index (χ0) is 18.2. The van der Waals surface area contributed by atoms with E-state index in [1.54, 1.807) is 7.11 Å². The zero-order valence-corrected chi connectivity index (χ0v) is 16.5. The van der Waals surface area contributed by atoms with Crippen LogP contribution < -0.4 is 14.8 Å². The largest absolute Gasteiger partial charge is 0.493 e. The fourth-order valence-corrected chi connectivity index (χ4v) is 2.82. The van der Waals surface area contributed by atoms with Gasteiger partial charge in [-0.1, -0.05) is 49.2 Å². The van der Waals surface area contributed by atoms with Crippen LogP contribution in [0, 0.1) is 5.92 Å². The van der Waals surface area contributed by atoms with E-state index in [0.29, 0.717) is 40.6 Å². The number of methoxy groups -OCH3 is 1. The number of ether oxygens (including phenoxy) is 2. The van der Waals surface area contributed by atoms with Gasteiger partial charge < -0.3 is 14.8 Å². The normalized spacial score (nSPS) is 11.0. The van der Waals surface area contributed by atoms with Gasteiger partial charge in [0.15, 0.2) is 11.5 Å². The molecular weight excluding hydrogens is 357 g/mol. The van der Waals surface area contributed by atoms with Crippen LogP contribution in [0.15, 0.2) is 36.4 Å². The van der Waals surface area contributed by atoms with Crippen molar-refractivity contribution in [3.8, 4) is 11.5 Å². The molecule has 2 aromatic carbocycles. The van der Waals surface area contributed by atoms with Crippen molar-refractivity contribution in [3.05, 3.63) is 57.6 Å². The highest BCUT2D eigenvalue weighted by atomic mass is 35.5. The van der Waals surface area contributed by atoms with Crippen LogP contribution >= 0.6 is 23.2 Å². The molecule has 0 heterocycles. The van der Waals surface area contributed by atoms with Crippen molar-refractivity contribution in [1.82, 2.24) is 5.32 Å². The Morgan fingerprint density at radius 3 is 2.56 bits per heavy atom. The van der Waals surface area contributed by atoms with Gasteiger partial charge >= 0.3 is 0 Å². The minimum absolute atomic E-state index is 0.402. The SMILES string of the molecule is COc1cc(CNCCC(C)C)c(Cl)cc1OCc1cccc(Cl)c1. The molecular formula is C20H25Cl2NO2. The third-order valence-electron chi connectivity index (χ3n) is 3.83. The first-order valence-corrected chi connectivity index (χ1v) is 9.19. The van der Waals surface area contributed by atoms with E-state index in [1.165, 1.54) is 0 Å². The molecule has 0 radical (unpaired) electrons. The Balaban J connectivity index is 2.02. The molecule has 136 valence electrons. The van der Waals surface area contributed by atoms with Gasteiger partial charge in [-0.15, -0.1) is 0 Å². The second-order valence-electron chi connectivity index (χ2n) is 6.37. The van der Waals surface area contributed by atoms with Crippen LogP contribution in [-0.4, -0.2) is 13.7 Å². The van der Waals surface area contributed by atoms with E-state index < -0.39 is 0 Å². The van der Waals surface area contributed by atoms with Crippen molar-refractivity contribution < 1.29 is 9.47 Å². The number of benzene rings is 2. The molecule has 3 nitrogen and oxygen atoms in total. The lowest BCUT2D eigenvalue weighted by Crippen LogP contribution is -2.16. The van der Waals surface area contributed by atoms with Gasteiger partial charge in [0.1, 0.15) is 6.61 Å². The fourth-order valence-electron chi connectivity index (χ4n) is 2.39. The number of hydrogen-bond acceptors (Lipinski definition) is 3. The smallest absolute Gasteiger partial charge is 0.163 e. The topological polar surface area (TPSA) is 30.5 Å². The summed E-state index contributed by atoms with van der Waals surface area (Å²) in [6.07, 6.45) is 1.13. The molecule has 0 unspecified atom stereocenters. The second kappa shape index (κ2) is 9.91. The van der Waals surface area contributed by atoms with Crippen LogP contribution in [-0.2, 0) is 13.2 Å². The number of rotatable bonds is 9. The molecule has 5 heteroatoms. The van der Waals surface area contributed by atoms with Crippen LogP contribution in [0.5, 0.6) is 11.5 Å². The monoisotopic (exact) mass is 381 g/mol. The number of hydrogen-bond donors (Lipinski definition) is 1. The molecule has 0 fully saturated rings. The van der Waals surface area contributed by atoms with Gasteiger partial charge in [0.2, 0.25) is 0 Å². The molecule has 0 bridgehead atoms. The maximum absolute atomic E-state index is 6.41. The Hall–Kier alpha value is -1.42. The lowest BCUT2D eigenvalue weighted by atomic mass is 10.1. The van der Waals surface area contributed by atoms with Gasteiger partial charge in [0, 0.05) is 22.7 Å². The summed E-state index contributed by atoms with van der Waals surface area (Å²) in [5, 5.41) is 4.77. The first-order valence-electron chi connectivity index (χ1n) is 8.44. The van der Waals surface area contributed by atoms with E-state index in [4.69, 9.17) is 32.7 Å². The maximum Gasteiger partial charge on any atom is 0.163 e. The average molecular weight is 382 g/mol. The van der Waals surface area contributed by atoms with E-state index >= 15 is 0 Å². The van der Waals surface area contributed by atoms with Crippen LogP contribution in [0.3, 0.4) is 0 Å². The molecule has 2 aromatic rings. The third-order valence-corrected chi connectivity index (χ3v) is 4.42. The standard InChI is InChI=1S/C20H25Cl2NO2/c1-14(2)7-8-23-12-16-10-19(24-3)20(11-18(16)22)25-13-15-5-4-6-17(21)9-15/h4-6,9-11,14,23H,7-8,12-13H2,1-3H3. The first-order chi connectivity index (χ1) is 12.0. The minimum atomic E-state index is 0.402.